The van der Waals surface area contributed by atoms with Gasteiger partial charge < -0.3 is 9.67 Å². The Morgan fingerprint density at radius 2 is 2.16 bits per heavy atom. The fourth-order valence-corrected chi connectivity index (χ4v) is 2.78. The minimum Gasteiger partial charge on any atom is -0.388 e. The van der Waals surface area contributed by atoms with Crippen molar-refractivity contribution >= 4 is 0 Å². The SMILES string of the molecule is N#Cc1ccccc1Cn1cc2c(c1)C(O)CCC2. The number of rotatable bonds is 2. The molecule has 0 saturated heterocycles. The number of aliphatic hydroxyl groups excluding tert-OH is 1. The van der Waals surface area contributed by atoms with Gasteiger partial charge in [-0.2, -0.15) is 5.26 Å². The molecule has 1 aliphatic carbocycles. The van der Waals surface area contributed by atoms with Crippen molar-refractivity contribution in [2.24, 2.45) is 0 Å². The lowest BCUT2D eigenvalue weighted by atomic mass is 9.93. The molecule has 1 aromatic carbocycles. The van der Waals surface area contributed by atoms with E-state index in [1.54, 1.807) is 0 Å². The molecule has 1 aliphatic rings. The number of fused-ring (bicyclic) bond motifs is 1. The molecule has 0 saturated carbocycles. The lowest BCUT2D eigenvalue weighted by molar-refractivity contribution is 0.157. The zero-order chi connectivity index (χ0) is 13.2. The van der Waals surface area contributed by atoms with E-state index in [2.05, 4.69) is 16.8 Å². The van der Waals surface area contributed by atoms with Crippen LogP contribution in [0, 0.1) is 11.3 Å². The van der Waals surface area contributed by atoms with Gasteiger partial charge in [-0.15, -0.1) is 0 Å². The molecule has 1 aromatic heterocycles. The summed E-state index contributed by atoms with van der Waals surface area (Å²) in [6, 6.07) is 9.88. The van der Waals surface area contributed by atoms with Gasteiger partial charge in [0.05, 0.1) is 17.7 Å². The Morgan fingerprint density at radius 3 is 2.95 bits per heavy atom. The summed E-state index contributed by atoms with van der Waals surface area (Å²) in [5.41, 5.74) is 4.04. The number of benzene rings is 1. The second-order valence-electron chi connectivity index (χ2n) is 5.09. The summed E-state index contributed by atoms with van der Waals surface area (Å²) in [5, 5.41) is 19.1. The highest BCUT2D eigenvalue weighted by atomic mass is 16.3. The zero-order valence-electron chi connectivity index (χ0n) is 10.7. The van der Waals surface area contributed by atoms with Crippen LogP contribution in [0.15, 0.2) is 36.7 Å². The van der Waals surface area contributed by atoms with E-state index in [-0.39, 0.29) is 6.10 Å². The molecule has 0 radical (unpaired) electrons. The van der Waals surface area contributed by atoms with Gasteiger partial charge in [0.2, 0.25) is 0 Å². The second-order valence-corrected chi connectivity index (χ2v) is 5.09. The average molecular weight is 252 g/mol. The Labute approximate surface area is 112 Å². The highest BCUT2D eigenvalue weighted by Crippen LogP contribution is 2.30. The second kappa shape index (κ2) is 4.91. The molecule has 0 fully saturated rings. The van der Waals surface area contributed by atoms with E-state index in [1.807, 2.05) is 30.5 Å². The van der Waals surface area contributed by atoms with Crippen LogP contribution in [-0.2, 0) is 13.0 Å². The first kappa shape index (κ1) is 12.0. The fourth-order valence-electron chi connectivity index (χ4n) is 2.78. The summed E-state index contributed by atoms with van der Waals surface area (Å²) in [4.78, 5) is 0. The predicted octanol–water partition coefficient (Wildman–Crippen LogP) is 2.78. The minimum absolute atomic E-state index is 0.323. The van der Waals surface area contributed by atoms with Crippen molar-refractivity contribution in [1.29, 1.82) is 5.26 Å². The molecular formula is C16H16N2O. The Balaban J connectivity index is 1.90. The average Bonchev–Trinajstić information content (AvgIpc) is 2.83. The number of aryl methyl sites for hydroxylation is 1. The summed E-state index contributed by atoms with van der Waals surface area (Å²) in [6.07, 6.45) is 6.74. The highest BCUT2D eigenvalue weighted by molar-refractivity contribution is 5.38. The highest BCUT2D eigenvalue weighted by Gasteiger charge is 2.19. The van der Waals surface area contributed by atoms with Gasteiger partial charge in [-0.05, 0) is 36.5 Å². The lowest BCUT2D eigenvalue weighted by Gasteiger charge is -2.16. The molecule has 3 rings (SSSR count). The van der Waals surface area contributed by atoms with Gasteiger partial charge in [0.15, 0.2) is 0 Å². The van der Waals surface area contributed by atoms with Crippen LogP contribution in [0.4, 0.5) is 0 Å². The largest absolute Gasteiger partial charge is 0.388 e. The maximum absolute atomic E-state index is 9.98. The Kier molecular flexibility index (Phi) is 3.10. The maximum atomic E-state index is 9.98. The third-order valence-corrected chi connectivity index (χ3v) is 3.77. The van der Waals surface area contributed by atoms with E-state index in [0.717, 1.165) is 36.0 Å². The van der Waals surface area contributed by atoms with Crippen molar-refractivity contribution in [2.75, 3.05) is 0 Å². The first-order valence-corrected chi connectivity index (χ1v) is 6.62. The van der Waals surface area contributed by atoms with Crippen LogP contribution in [0.25, 0.3) is 0 Å². The van der Waals surface area contributed by atoms with E-state index in [9.17, 15) is 5.11 Å². The summed E-state index contributed by atoms with van der Waals surface area (Å²) >= 11 is 0. The predicted molar refractivity (Wildman–Crippen MR) is 72.6 cm³/mol. The first-order chi connectivity index (χ1) is 9.28. The number of nitrogens with zero attached hydrogens (tertiary/aromatic N) is 2. The molecule has 3 nitrogen and oxygen atoms in total. The third kappa shape index (κ3) is 2.27. The summed E-state index contributed by atoms with van der Waals surface area (Å²) in [5.74, 6) is 0. The van der Waals surface area contributed by atoms with Crippen LogP contribution < -0.4 is 0 Å². The number of hydrogen-bond acceptors (Lipinski definition) is 2. The van der Waals surface area contributed by atoms with Crippen LogP contribution in [0.1, 0.15) is 41.2 Å². The molecule has 1 unspecified atom stereocenters. The van der Waals surface area contributed by atoms with Crippen LogP contribution in [0.5, 0.6) is 0 Å². The normalized spacial score (nSPS) is 17.8. The van der Waals surface area contributed by atoms with Gasteiger partial charge in [-0.1, -0.05) is 18.2 Å². The molecule has 0 aliphatic heterocycles. The number of nitriles is 1. The molecule has 1 atom stereocenters. The van der Waals surface area contributed by atoms with Gasteiger partial charge in [0, 0.05) is 24.5 Å². The number of aliphatic hydroxyl groups is 1. The van der Waals surface area contributed by atoms with Gasteiger partial charge in [-0.3, -0.25) is 0 Å². The number of hydrogen-bond donors (Lipinski definition) is 1. The van der Waals surface area contributed by atoms with Gasteiger partial charge in [0.25, 0.3) is 0 Å². The van der Waals surface area contributed by atoms with E-state index >= 15 is 0 Å². The first-order valence-electron chi connectivity index (χ1n) is 6.62. The van der Waals surface area contributed by atoms with Crippen LogP contribution in [-0.4, -0.2) is 9.67 Å². The summed E-state index contributed by atoms with van der Waals surface area (Å²) < 4.78 is 2.08. The molecule has 1 N–H and O–H groups in total. The lowest BCUT2D eigenvalue weighted by Crippen LogP contribution is -2.05. The Bertz CT molecular complexity index is 636. The van der Waals surface area contributed by atoms with Crippen LogP contribution in [0.3, 0.4) is 0 Å². The topological polar surface area (TPSA) is 49.0 Å². The maximum Gasteiger partial charge on any atom is 0.0995 e. The third-order valence-electron chi connectivity index (χ3n) is 3.77. The molecule has 19 heavy (non-hydrogen) atoms. The monoisotopic (exact) mass is 252 g/mol. The Morgan fingerprint density at radius 1 is 1.32 bits per heavy atom. The number of aromatic nitrogens is 1. The van der Waals surface area contributed by atoms with Crippen LogP contribution in [0.2, 0.25) is 0 Å². The van der Waals surface area contributed by atoms with Gasteiger partial charge >= 0.3 is 0 Å². The zero-order valence-corrected chi connectivity index (χ0v) is 10.7. The molecule has 0 amide bonds. The van der Waals surface area contributed by atoms with E-state index in [0.29, 0.717) is 6.54 Å². The molecule has 2 aromatic rings. The van der Waals surface area contributed by atoms with Gasteiger partial charge in [0.1, 0.15) is 0 Å². The summed E-state index contributed by atoms with van der Waals surface area (Å²) in [7, 11) is 0. The molecule has 3 heteroatoms. The Hall–Kier alpha value is -2.05. The van der Waals surface area contributed by atoms with Gasteiger partial charge in [-0.25, -0.2) is 0 Å². The molecule has 96 valence electrons. The smallest absolute Gasteiger partial charge is 0.0995 e. The molecular weight excluding hydrogens is 236 g/mol. The standard InChI is InChI=1S/C16H16N2O/c17-8-12-4-1-2-5-13(12)9-18-10-14-6-3-7-16(19)15(14)11-18/h1-2,4-5,10-11,16,19H,3,6-7,9H2. The van der Waals surface area contributed by atoms with E-state index in [1.165, 1.54) is 5.56 Å². The van der Waals surface area contributed by atoms with Crippen molar-refractivity contribution in [3.05, 3.63) is 58.9 Å². The molecule has 0 bridgehead atoms. The van der Waals surface area contributed by atoms with Crippen molar-refractivity contribution in [2.45, 2.75) is 31.9 Å². The van der Waals surface area contributed by atoms with E-state index in [4.69, 9.17) is 5.26 Å². The van der Waals surface area contributed by atoms with Crippen molar-refractivity contribution in [3.63, 3.8) is 0 Å². The quantitative estimate of drug-likeness (QED) is 0.893. The summed E-state index contributed by atoms with van der Waals surface area (Å²) in [6.45, 7) is 0.684. The fraction of sp³-hybridized carbons (Fsp3) is 0.312. The minimum atomic E-state index is -0.323. The molecule has 0 spiro atoms. The van der Waals surface area contributed by atoms with Crippen molar-refractivity contribution in [1.82, 2.24) is 4.57 Å². The van der Waals surface area contributed by atoms with Crippen molar-refractivity contribution in [3.8, 4) is 6.07 Å². The van der Waals surface area contributed by atoms with Crippen LogP contribution >= 0.6 is 0 Å². The molecule has 1 heterocycles. The van der Waals surface area contributed by atoms with E-state index < -0.39 is 0 Å². The van der Waals surface area contributed by atoms with Crippen molar-refractivity contribution < 1.29 is 5.11 Å².